The number of carbonyl (C=O) groups excluding carboxylic acids is 1. The summed E-state index contributed by atoms with van der Waals surface area (Å²) in [4.78, 5) is 11.8. The molecule has 0 bridgehead atoms. The molecular weight excluding hydrogens is 305 g/mol. The van der Waals surface area contributed by atoms with E-state index in [1.165, 1.54) is 12.1 Å². The van der Waals surface area contributed by atoms with Crippen molar-refractivity contribution < 1.29 is 13.9 Å². The van der Waals surface area contributed by atoms with Crippen molar-refractivity contribution in [3.05, 3.63) is 71.5 Å². The second kappa shape index (κ2) is 7.61. The second-order valence-electron chi connectivity index (χ2n) is 4.56. The molecule has 0 radical (unpaired) electrons. The zero-order chi connectivity index (χ0) is 15.9. The average Bonchev–Trinajstić information content (AvgIpc) is 2.49. The van der Waals surface area contributed by atoms with Crippen LogP contribution in [0.25, 0.3) is 0 Å². The molecule has 22 heavy (non-hydrogen) atoms. The number of nitrogens with one attached hydrogen (secondary N) is 1. The van der Waals surface area contributed by atoms with E-state index in [0.29, 0.717) is 12.2 Å². The highest BCUT2D eigenvalue weighted by Gasteiger charge is 2.09. The highest BCUT2D eigenvalue weighted by atomic mass is 35.5. The van der Waals surface area contributed by atoms with E-state index in [0.717, 1.165) is 11.6 Å². The molecule has 3 nitrogen and oxygen atoms in total. The van der Waals surface area contributed by atoms with Gasteiger partial charge in [0.1, 0.15) is 11.6 Å². The maximum atomic E-state index is 13.6. The summed E-state index contributed by atoms with van der Waals surface area (Å²) in [6.45, 7) is 3.47. The third-order valence-corrected chi connectivity index (χ3v) is 3.14. The summed E-state index contributed by atoms with van der Waals surface area (Å²) < 4.78 is 19.1. The number of anilines is 1. The lowest BCUT2D eigenvalue weighted by molar-refractivity contribution is -0.118. The lowest BCUT2D eigenvalue weighted by Crippen LogP contribution is -2.21. The number of carbonyl (C=O) groups is 1. The van der Waals surface area contributed by atoms with Gasteiger partial charge in [-0.1, -0.05) is 35.9 Å². The van der Waals surface area contributed by atoms with Crippen molar-refractivity contribution in [1.29, 1.82) is 0 Å². The molecule has 5 heteroatoms. The van der Waals surface area contributed by atoms with E-state index in [1.807, 2.05) is 18.2 Å². The Morgan fingerprint density at radius 2 is 2.09 bits per heavy atom. The summed E-state index contributed by atoms with van der Waals surface area (Å²) in [6, 6.07) is 11.4. The molecule has 0 spiro atoms. The number of para-hydroxylation sites is 1. The Bertz CT molecular complexity index is 688. The first-order chi connectivity index (χ1) is 10.6. The van der Waals surface area contributed by atoms with Crippen LogP contribution in [0, 0.1) is 5.82 Å². The summed E-state index contributed by atoms with van der Waals surface area (Å²) in [5.41, 5.74) is 1.00. The molecular formula is C17H15ClFNO2. The average molecular weight is 320 g/mol. The second-order valence-corrected chi connectivity index (χ2v) is 5.00. The van der Waals surface area contributed by atoms with Gasteiger partial charge in [0.25, 0.3) is 5.91 Å². The fraction of sp³-hybridized carbons (Fsp3) is 0.118. The molecule has 0 saturated heterocycles. The maximum Gasteiger partial charge on any atom is 0.262 e. The minimum atomic E-state index is -0.590. The van der Waals surface area contributed by atoms with Crippen molar-refractivity contribution in [3.63, 3.8) is 0 Å². The van der Waals surface area contributed by atoms with E-state index in [9.17, 15) is 9.18 Å². The largest absolute Gasteiger partial charge is 0.483 e. The Hall–Kier alpha value is -2.33. The van der Waals surface area contributed by atoms with Crippen LogP contribution < -0.4 is 10.1 Å². The van der Waals surface area contributed by atoms with E-state index in [4.69, 9.17) is 16.3 Å². The number of amides is 1. The number of rotatable bonds is 6. The first-order valence-electron chi connectivity index (χ1n) is 6.66. The van der Waals surface area contributed by atoms with Crippen molar-refractivity contribution in [1.82, 2.24) is 0 Å². The smallest absolute Gasteiger partial charge is 0.262 e. The molecule has 0 fully saturated rings. The van der Waals surface area contributed by atoms with Gasteiger partial charge in [0.2, 0.25) is 0 Å². The molecule has 114 valence electrons. The van der Waals surface area contributed by atoms with Crippen LogP contribution >= 0.6 is 11.6 Å². The van der Waals surface area contributed by atoms with Gasteiger partial charge in [-0.25, -0.2) is 4.39 Å². The third-order valence-electron chi connectivity index (χ3n) is 2.90. The van der Waals surface area contributed by atoms with E-state index < -0.39 is 11.7 Å². The number of halogens is 2. The van der Waals surface area contributed by atoms with Crippen molar-refractivity contribution >= 4 is 23.2 Å². The number of hydrogen-bond donors (Lipinski definition) is 1. The van der Waals surface area contributed by atoms with Crippen LogP contribution in [0.5, 0.6) is 5.75 Å². The fourth-order valence-corrected chi connectivity index (χ4v) is 2.05. The van der Waals surface area contributed by atoms with Gasteiger partial charge in [-0.3, -0.25) is 4.79 Å². The lowest BCUT2D eigenvalue weighted by Gasteiger charge is -2.11. The predicted octanol–water partition coefficient (Wildman–Crippen LogP) is 4.23. The van der Waals surface area contributed by atoms with Gasteiger partial charge < -0.3 is 10.1 Å². The molecule has 2 aromatic rings. The molecule has 1 amide bonds. The molecule has 2 rings (SSSR count). The van der Waals surface area contributed by atoms with Crippen LogP contribution in [0.1, 0.15) is 5.56 Å². The molecule has 0 aliphatic carbocycles. The van der Waals surface area contributed by atoms with Gasteiger partial charge in [-0.2, -0.15) is 0 Å². The van der Waals surface area contributed by atoms with Crippen molar-refractivity contribution in [2.24, 2.45) is 0 Å². The van der Waals surface area contributed by atoms with Gasteiger partial charge in [-0.05, 0) is 36.2 Å². The molecule has 0 aliphatic rings. The highest BCUT2D eigenvalue weighted by Crippen LogP contribution is 2.20. The van der Waals surface area contributed by atoms with Crippen molar-refractivity contribution in [2.45, 2.75) is 6.42 Å². The third kappa shape index (κ3) is 4.33. The minimum absolute atomic E-state index is 0.0670. The van der Waals surface area contributed by atoms with Gasteiger partial charge in [-0.15, -0.1) is 6.58 Å². The van der Waals surface area contributed by atoms with Crippen LogP contribution in [0.4, 0.5) is 10.1 Å². The first kappa shape index (κ1) is 16.0. The Morgan fingerprint density at radius 3 is 2.82 bits per heavy atom. The minimum Gasteiger partial charge on any atom is -0.483 e. The predicted molar refractivity (Wildman–Crippen MR) is 85.9 cm³/mol. The molecule has 1 N–H and O–H groups in total. The topological polar surface area (TPSA) is 38.3 Å². The van der Waals surface area contributed by atoms with Crippen molar-refractivity contribution in [2.75, 3.05) is 11.9 Å². The molecule has 2 aromatic carbocycles. The van der Waals surface area contributed by atoms with Crippen molar-refractivity contribution in [3.8, 4) is 5.75 Å². The van der Waals surface area contributed by atoms with Crippen LogP contribution in [0.3, 0.4) is 0 Å². The van der Waals surface area contributed by atoms with Crippen LogP contribution in [-0.2, 0) is 11.2 Å². The van der Waals surface area contributed by atoms with Gasteiger partial charge in [0.15, 0.2) is 6.61 Å². The molecule has 0 unspecified atom stereocenters. The normalized spacial score (nSPS) is 10.1. The van der Waals surface area contributed by atoms with E-state index in [-0.39, 0.29) is 17.3 Å². The lowest BCUT2D eigenvalue weighted by atomic mass is 10.1. The summed E-state index contributed by atoms with van der Waals surface area (Å²) >= 11 is 5.66. The SMILES string of the molecule is C=CCc1ccccc1OCC(=O)Nc1ccc(Cl)cc1F. The Morgan fingerprint density at radius 1 is 1.32 bits per heavy atom. The number of ether oxygens (including phenoxy) is 1. The quantitative estimate of drug-likeness (QED) is 0.809. The van der Waals surface area contributed by atoms with E-state index in [1.54, 1.807) is 12.1 Å². The summed E-state index contributed by atoms with van der Waals surface area (Å²) in [6.07, 6.45) is 2.40. The molecule has 0 aliphatic heterocycles. The zero-order valence-electron chi connectivity index (χ0n) is 11.8. The van der Waals surface area contributed by atoms with E-state index >= 15 is 0 Å². The Balaban J connectivity index is 1.97. The number of allylic oxidation sites excluding steroid dienone is 1. The fourth-order valence-electron chi connectivity index (χ4n) is 1.89. The molecule has 0 saturated carbocycles. The Labute approximate surface area is 133 Å². The van der Waals surface area contributed by atoms with E-state index in [2.05, 4.69) is 11.9 Å². The van der Waals surface area contributed by atoms with Crippen LogP contribution in [0.2, 0.25) is 5.02 Å². The molecule has 0 heterocycles. The zero-order valence-corrected chi connectivity index (χ0v) is 12.6. The Kier molecular flexibility index (Phi) is 5.55. The summed E-state index contributed by atoms with van der Waals surface area (Å²) in [5.74, 6) is -0.434. The molecule has 0 aromatic heterocycles. The summed E-state index contributed by atoms with van der Waals surface area (Å²) in [5, 5.41) is 2.71. The van der Waals surface area contributed by atoms with Gasteiger partial charge >= 0.3 is 0 Å². The summed E-state index contributed by atoms with van der Waals surface area (Å²) in [7, 11) is 0. The first-order valence-corrected chi connectivity index (χ1v) is 7.04. The van der Waals surface area contributed by atoms with Crippen LogP contribution in [0.15, 0.2) is 55.1 Å². The highest BCUT2D eigenvalue weighted by molar-refractivity contribution is 6.30. The van der Waals surface area contributed by atoms with Crippen LogP contribution in [-0.4, -0.2) is 12.5 Å². The van der Waals surface area contributed by atoms with Gasteiger partial charge in [0, 0.05) is 5.02 Å². The molecule has 0 atom stereocenters. The standard InChI is InChI=1S/C17H15ClFNO2/c1-2-5-12-6-3-4-7-16(12)22-11-17(21)20-15-9-8-13(18)10-14(15)19/h2-4,6-10H,1,5,11H2,(H,20,21). The van der Waals surface area contributed by atoms with Gasteiger partial charge in [0.05, 0.1) is 5.69 Å². The number of hydrogen-bond acceptors (Lipinski definition) is 2. The number of benzene rings is 2. The maximum absolute atomic E-state index is 13.6. The monoisotopic (exact) mass is 319 g/mol.